The van der Waals surface area contributed by atoms with Gasteiger partial charge in [-0.05, 0) is 43.3 Å². The van der Waals surface area contributed by atoms with Gasteiger partial charge < -0.3 is 4.74 Å². The Balaban J connectivity index is 1.79. The Bertz CT molecular complexity index is 1130. The smallest absolute Gasteiger partial charge is 0.249 e. The number of nitrogens with one attached hydrogen (secondary N) is 1. The van der Waals surface area contributed by atoms with Crippen LogP contribution in [0.5, 0.6) is 5.75 Å². The summed E-state index contributed by atoms with van der Waals surface area (Å²) >= 11 is 7.07. The zero-order chi connectivity index (χ0) is 21.9. The first-order chi connectivity index (χ1) is 14.2. The average Bonchev–Trinajstić information content (AvgIpc) is 3.16. The van der Waals surface area contributed by atoms with E-state index in [2.05, 4.69) is 15.5 Å². The number of ether oxygens (including phenoxy) is 1. The van der Waals surface area contributed by atoms with Crippen molar-refractivity contribution in [2.45, 2.75) is 13.0 Å². The second-order valence-electron chi connectivity index (χ2n) is 6.34. The van der Waals surface area contributed by atoms with Gasteiger partial charge in [-0.25, -0.2) is 8.42 Å². The number of rotatable bonds is 7. The first-order valence-corrected chi connectivity index (χ1v) is 11.8. The van der Waals surface area contributed by atoms with Crippen molar-refractivity contribution in [1.29, 1.82) is 0 Å². The maximum atomic E-state index is 12.8. The zero-order valence-corrected chi connectivity index (χ0v) is 18.8. The number of methoxy groups -OCH3 is 1. The molecule has 8 nitrogen and oxygen atoms in total. The van der Waals surface area contributed by atoms with Crippen LogP contribution in [-0.4, -0.2) is 43.9 Å². The van der Waals surface area contributed by atoms with Crippen molar-refractivity contribution in [3.63, 3.8) is 0 Å². The van der Waals surface area contributed by atoms with Gasteiger partial charge in [0, 0.05) is 10.6 Å². The number of halogens is 1. The molecule has 3 rings (SSSR count). The summed E-state index contributed by atoms with van der Waals surface area (Å²) in [4.78, 5) is 12.8. The molecule has 0 aliphatic heterocycles. The predicted octanol–water partition coefficient (Wildman–Crippen LogP) is 3.66. The molecule has 0 bridgehead atoms. The third-order valence-corrected chi connectivity index (χ3v) is 6.54. The minimum atomic E-state index is -3.73. The molecule has 2 aromatic carbocycles. The number of hydrogen-bond donors (Lipinski definition) is 1. The van der Waals surface area contributed by atoms with E-state index in [1.165, 1.54) is 25.4 Å². The van der Waals surface area contributed by atoms with Gasteiger partial charge in [-0.3, -0.25) is 14.4 Å². The fourth-order valence-electron chi connectivity index (χ4n) is 2.73. The topological polar surface area (TPSA) is 101 Å². The molecule has 3 aromatic rings. The third kappa shape index (κ3) is 5.07. The highest BCUT2D eigenvalue weighted by molar-refractivity contribution is 7.92. The molecule has 0 fully saturated rings. The molecule has 1 N–H and O–H groups in total. The molecule has 1 heterocycles. The molecular weight excluding hydrogens is 448 g/mol. The van der Waals surface area contributed by atoms with Crippen LogP contribution in [0.2, 0.25) is 5.02 Å². The van der Waals surface area contributed by atoms with Crippen LogP contribution >= 0.6 is 22.9 Å². The van der Waals surface area contributed by atoms with Crippen LogP contribution in [0.1, 0.15) is 6.92 Å². The Morgan fingerprint density at radius 3 is 2.33 bits per heavy atom. The van der Waals surface area contributed by atoms with E-state index >= 15 is 0 Å². The molecule has 158 valence electrons. The van der Waals surface area contributed by atoms with Crippen LogP contribution in [0.4, 0.5) is 10.8 Å². The number of benzene rings is 2. The lowest BCUT2D eigenvalue weighted by Gasteiger charge is -2.28. The lowest BCUT2D eigenvalue weighted by Crippen LogP contribution is -2.45. The lowest BCUT2D eigenvalue weighted by atomic mass is 10.2. The fourth-order valence-corrected chi connectivity index (χ4v) is 4.78. The predicted molar refractivity (Wildman–Crippen MR) is 119 cm³/mol. The summed E-state index contributed by atoms with van der Waals surface area (Å²) < 4.78 is 30.9. The average molecular weight is 467 g/mol. The molecule has 0 aliphatic carbocycles. The monoisotopic (exact) mass is 466 g/mol. The largest absolute Gasteiger partial charge is 0.497 e. The quantitative estimate of drug-likeness (QED) is 0.570. The Morgan fingerprint density at radius 1 is 1.13 bits per heavy atom. The summed E-state index contributed by atoms with van der Waals surface area (Å²) in [7, 11) is -2.22. The van der Waals surface area contributed by atoms with Crippen molar-refractivity contribution >= 4 is 49.7 Å². The molecule has 11 heteroatoms. The summed E-state index contributed by atoms with van der Waals surface area (Å²) in [6.45, 7) is 1.50. The van der Waals surface area contributed by atoms with Crippen LogP contribution < -0.4 is 14.4 Å². The SMILES string of the molecule is COc1ccc(N([C@H](C)C(=O)Nc2nnc(-c3ccc(Cl)cc3)s2)S(C)(=O)=O)cc1. The van der Waals surface area contributed by atoms with Crippen molar-refractivity contribution in [3.8, 4) is 16.3 Å². The summed E-state index contributed by atoms with van der Waals surface area (Å²) in [5.74, 6) is 0.0444. The van der Waals surface area contributed by atoms with E-state index in [4.69, 9.17) is 16.3 Å². The Morgan fingerprint density at radius 2 is 1.77 bits per heavy atom. The maximum Gasteiger partial charge on any atom is 0.249 e. The van der Waals surface area contributed by atoms with Gasteiger partial charge in [0.25, 0.3) is 0 Å². The highest BCUT2D eigenvalue weighted by Gasteiger charge is 2.29. The van der Waals surface area contributed by atoms with Gasteiger partial charge in [-0.15, -0.1) is 10.2 Å². The number of nitrogens with zero attached hydrogens (tertiary/aromatic N) is 3. The van der Waals surface area contributed by atoms with Gasteiger partial charge in [0.15, 0.2) is 0 Å². The summed E-state index contributed by atoms with van der Waals surface area (Å²) in [6.07, 6.45) is 1.05. The molecule has 0 aliphatic rings. The summed E-state index contributed by atoms with van der Waals surface area (Å²) in [6, 6.07) is 12.5. The molecule has 0 saturated carbocycles. The molecule has 0 saturated heterocycles. The van der Waals surface area contributed by atoms with E-state index in [0.29, 0.717) is 21.5 Å². The summed E-state index contributed by atoms with van der Waals surface area (Å²) in [5.41, 5.74) is 1.15. The molecular formula is C19H19ClN4O4S2. The Kier molecular flexibility index (Phi) is 6.59. The van der Waals surface area contributed by atoms with Gasteiger partial charge in [-0.1, -0.05) is 35.1 Å². The van der Waals surface area contributed by atoms with Gasteiger partial charge in [0.05, 0.1) is 19.1 Å². The number of hydrogen-bond acceptors (Lipinski definition) is 7. The summed E-state index contributed by atoms with van der Waals surface area (Å²) in [5, 5.41) is 12.1. The van der Waals surface area contributed by atoms with Gasteiger partial charge >= 0.3 is 0 Å². The van der Waals surface area contributed by atoms with E-state index in [-0.39, 0.29) is 5.13 Å². The first-order valence-electron chi connectivity index (χ1n) is 8.73. The van der Waals surface area contributed by atoms with Crippen molar-refractivity contribution in [2.24, 2.45) is 0 Å². The van der Waals surface area contributed by atoms with E-state index in [9.17, 15) is 13.2 Å². The number of sulfonamides is 1. The van der Waals surface area contributed by atoms with Crippen LogP contribution in [0, 0.1) is 0 Å². The standard InChI is InChI=1S/C19H19ClN4O4S2/c1-12(24(30(3,26)27)15-8-10-16(28-2)11-9-15)17(25)21-19-23-22-18(29-19)13-4-6-14(20)7-5-13/h4-12H,1-3H3,(H,21,23,25)/t12-/m1/s1. The van der Waals surface area contributed by atoms with Crippen LogP contribution in [0.15, 0.2) is 48.5 Å². The number of amides is 1. The van der Waals surface area contributed by atoms with E-state index in [0.717, 1.165) is 16.1 Å². The van der Waals surface area contributed by atoms with Crippen molar-refractivity contribution in [1.82, 2.24) is 10.2 Å². The van der Waals surface area contributed by atoms with Gasteiger partial charge in [0.1, 0.15) is 16.8 Å². The van der Waals surface area contributed by atoms with Crippen LogP contribution in [-0.2, 0) is 14.8 Å². The van der Waals surface area contributed by atoms with Gasteiger partial charge in [0.2, 0.25) is 21.1 Å². The second kappa shape index (κ2) is 8.99. The van der Waals surface area contributed by atoms with Crippen molar-refractivity contribution < 1.29 is 17.9 Å². The molecule has 0 spiro atoms. The highest BCUT2D eigenvalue weighted by Crippen LogP contribution is 2.28. The number of aromatic nitrogens is 2. The normalized spacial score (nSPS) is 12.3. The first kappa shape index (κ1) is 22.0. The van der Waals surface area contributed by atoms with Gasteiger partial charge in [-0.2, -0.15) is 0 Å². The molecule has 0 unspecified atom stereocenters. The minimum Gasteiger partial charge on any atom is -0.497 e. The van der Waals surface area contributed by atoms with Crippen molar-refractivity contribution in [2.75, 3.05) is 23.0 Å². The highest BCUT2D eigenvalue weighted by atomic mass is 35.5. The van der Waals surface area contributed by atoms with E-state index < -0.39 is 22.0 Å². The van der Waals surface area contributed by atoms with Crippen LogP contribution in [0.3, 0.4) is 0 Å². The molecule has 0 radical (unpaired) electrons. The van der Waals surface area contributed by atoms with Crippen LogP contribution in [0.25, 0.3) is 10.6 Å². The number of carbonyl (C=O) groups excluding carboxylic acids is 1. The number of carbonyl (C=O) groups is 1. The fraction of sp³-hybridized carbons (Fsp3) is 0.211. The lowest BCUT2D eigenvalue weighted by molar-refractivity contribution is -0.116. The number of anilines is 2. The Hall–Kier alpha value is -2.69. The van der Waals surface area contributed by atoms with E-state index in [1.807, 2.05) is 0 Å². The maximum absolute atomic E-state index is 12.8. The van der Waals surface area contributed by atoms with Crippen molar-refractivity contribution in [3.05, 3.63) is 53.6 Å². The molecule has 1 amide bonds. The minimum absolute atomic E-state index is 0.264. The Labute approximate surface area is 183 Å². The second-order valence-corrected chi connectivity index (χ2v) is 9.61. The molecule has 30 heavy (non-hydrogen) atoms. The molecule has 1 aromatic heterocycles. The third-order valence-electron chi connectivity index (χ3n) is 4.16. The van der Waals surface area contributed by atoms with E-state index in [1.54, 1.807) is 48.5 Å². The zero-order valence-electron chi connectivity index (χ0n) is 16.4. The molecule has 1 atom stereocenters.